The summed E-state index contributed by atoms with van der Waals surface area (Å²) in [5, 5.41) is 3.31. The van der Waals surface area contributed by atoms with Gasteiger partial charge in [-0.05, 0) is 30.2 Å². The number of methoxy groups -OCH3 is 1. The minimum atomic E-state index is -2.58. The summed E-state index contributed by atoms with van der Waals surface area (Å²) in [5.41, 5.74) is 1.06. The van der Waals surface area contributed by atoms with Gasteiger partial charge in [-0.15, -0.1) is 0 Å². The Morgan fingerprint density at radius 1 is 1.45 bits per heavy atom. The van der Waals surface area contributed by atoms with Crippen molar-refractivity contribution in [1.29, 1.82) is 0 Å². The predicted molar refractivity (Wildman–Crippen MR) is 72.2 cm³/mol. The van der Waals surface area contributed by atoms with Crippen LogP contribution in [0.3, 0.4) is 0 Å². The summed E-state index contributed by atoms with van der Waals surface area (Å²) < 4.78 is 31.3. The standard InChI is InChI=1S/C14H16F2N2O2/c1-8(19)17-6-5-10-11-7-9(20-2)3-4-12(11)18-13(10)14(15)16/h3-4,7,14,18H,5-6H2,1-2H3,(H,17,19). The number of halogens is 2. The molecule has 0 atom stereocenters. The van der Waals surface area contributed by atoms with Crippen LogP contribution in [0.4, 0.5) is 8.78 Å². The molecule has 0 saturated heterocycles. The number of carbonyl (C=O) groups excluding carboxylic acids is 1. The van der Waals surface area contributed by atoms with Crippen LogP contribution in [0.1, 0.15) is 24.6 Å². The lowest BCUT2D eigenvalue weighted by Gasteiger charge is -2.05. The molecule has 0 aliphatic carbocycles. The number of alkyl halides is 2. The SMILES string of the molecule is COc1ccc2[nH]c(C(F)F)c(CCNC(C)=O)c2c1. The zero-order valence-electron chi connectivity index (χ0n) is 11.3. The minimum absolute atomic E-state index is 0.0985. The minimum Gasteiger partial charge on any atom is -0.497 e. The quantitative estimate of drug-likeness (QED) is 0.886. The number of aromatic nitrogens is 1. The summed E-state index contributed by atoms with van der Waals surface area (Å²) in [6, 6.07) is 5.15. The molecule has 0 unspecified atom stereocenters. The lowest BCUT2D eigenvalue weighted by atomic mass is 10.1. The second kappa shape index (κ2) is 5.90. The van der Waals surface area contributed by atoms with Gasteiger partial charge in [0.2, 0.25) is 5.91 Å². The summed E-state index contributed by atoms with van der Waals surface area (Å²) >= 11 is 0. The van der Waals surface area contributed by atoms with Gasteiger partial charge in [-0.1, -0.05) is 0 Å². The number of carbonyl (C=O) groups is 1. The van der Waals surface area contributed by atoms with Crippen molar-refractivity contribution >= 4 is 16.8 Å². The highest BCUT2D eigenvalue weighted by Gasteiger charge is 2.19. The molecule has 0 saturated carbocycles. The van der Waals surface area contributed by atoms with E-state index in [0.29, 0.717) is 35.2 Å². The average molecular weight is 282 g/mol. The molecular weight excluding hydrogens is 266 g/mol. The number of fused-ring (bicyclic) bond motifs is 1. The first kappa shape index (κ1) is 14.3. The fourth-order valence-electron chi connectivity index (χ4n) is 2.19. The van der Waals surface area contributed by atoms with E-state index in [2.05, 4.69) is 10.3 Å². The maximum absolute atomic E-state index is 13.1. The molecule has 2 aromatic rings. The van der Waals surface area contributed by atoms with E-state index in [4.69, 9.17) is 4.74 Å². The zero-order chi connectivity index (χ0) is 14.7. The van der Waals surface area contributed by atoms with Crippen LogP contribution in [0, 0.1) is 0 Å². The normalized spacial score (nSPS) is 11.1. The Kier molecular flexibility index (Phi) is 4.22. The first-order valence-electron chi connectivity index (χ1n) is 6.24. The van der Waals surface area contributed by atoms with Crippen molar-refractivity contribution in [2.45, 2.75) is 19.8 Å². The smallest absolute Gasteiger partial charge is 0.278 e. The van der Waals surface area contributed by atoms with E-state index in [1.807, 2.05) is 0 Å². The molecule has 0 aliphatic heterocycles. The Hall–Kier alpha value is -2.11. The van der Waals surface area contributed by atoms with Gasteiger partial charge in [-0.3, -0.25) is 4.79 Å². The van der Waals surface area contributed by atoms with E-state index < -0.39 is 6.43 Å². The third-order valence-electron chi connectivity index (χ3n) is 3.11. The maximum Gasteiger partial charge on any atom is 0.278 e. The number of rotatable bonds is 5. The summed E-state index contributed by atoms with van der Waals surface area (Å²) in [7, 11) is 1.53. The summed E-state index contributed by atoms with van der Waals surface area (Å²) in [4.78, 5) is 13.6. The predicted octanol–water partition coefficient (Wildman–Crippen LogP) is 2.79. The molecule has 1 heterocycles. The number of hydrogen-bond acceptors (Lipinski definition) is 2. The number of aromatic amines is 1. The van der Waals surface area contributed by atoms with Gasteiger partial charge in [0.15, 0.2) is 0 Å². The van der Waals surface area contributed by atoms with Gasteiger partial charge in [-0.25, -0.2) is 8.78 Å². The third kappa shape index (κ3) is 2.89. The summed E-state index contributed by atoms with van der Waals surface area (Å²) in [5.74, 6) is 0.430. The van der Waals surface area contributed by atoms with E-state index in [-0.39, 0.29) is 11.6 Å². The van der Waals surface area contributed by atoms with Crippen molar-refractivity contribution in [3.63, 3.8) is 0 Å². The number of H-pyrrole nitrogens is 1. The fraction of sp³-hybridized carbons (Fsp3) is 0.357. The van der Waals surface area contributed by atoms with Crippen LogP contribution in [-0.2, 0) is 11.2 Å². The van der Waals surface area contributed by atoms with Crippen LogP contribution in [0.25, 0.3) is 10.9 Å². The molecule has 0 bridgehead atoms. The molecule has 0 spiro atoms. The molecule has 6 heteroatoms. The number of amides is 1. The largest absolute Gasteiger partial charge is 0.497 e. The Bertz CT molecular complexity index is 623. The fourth-order valence-corrected chi connectivity index (χ4v) is 2.19. The maximum atomic E-state index is 13.1. The number of ether oxygens (including phenoxy) is 1. The Labute approximate surface area is 115 Å². The second-order valence-electron chi connectivity index (χ2n) is 4.46. The van der Waals surface area contributed by atoms with Gasteiger partial charge in [0, 0.05) is 24.4 Å². The van der Waals surface area contributed by atoms with Crippen molar-refractivity contribution in [3.8, 4) is 5.75 Å². The van der Waals surface area contributed by atoms with Gasteiger partial charge >= 0.3 is 0 Å². The molecule has 0 aliphatic rings. The van der Waals surface area contributed by atoms with Gasteiger partial charge in [0.1, 0.15) is 5.75 Å². The first-order chi connectivity index (χ1) is 9.52. The Balaban J connectivity index is 2.40. The van der Waals surface area contributed by atoms with Gasteiger partial charge in [0.25, 0.3) is 6.43 Å². The Morgan fingerprint density at radius 3 is 2.80 bits per heavy atom. The van der Waals surface area contributed by atoms with Crippen LogP contribution >= 0.6 is 0 Å². The van der Waals surface area contributed by atoms with Crippen LogP contribution in [0.15, 0.2) is 18.2 Å². The second-order valence-corrected chi connectivity index (χ2v) is 4.46. The molecule has 0 fully saturated rings. The van der Waals surface area contributed by atoms with Crippen molar-refractivity contribution in [2.24, 2.45) is 0 Å². The number of benzene rings is 1. The molecule has 20 heavy (non-hydrogen) atoms. The van der Waals surface area contributed by atoms with Crippen LogP contribution in [-0.4, -0.2) is 24.5 Å². The van der Waals surface area contributed by atoms with Crippen molar-refractivity contribution in [1.82, 2.24) is 10.3 Å². The average Bonchev–Trinajstić information content (AvgIpc) is 2.76. The van der Waals surface area contributed by atoms with Crippen LogP contribution < -0.4 is 10.1 Å². The van der Waals surface area contributed by atoms with Crippen molar-refractivity contribution in [3.05, 3.63) is 29.5 Å². The van der Waals surface area contributed by atoms with E-state index in [1.54, 1.807) is 18.2 Å². The lowest BCUT2D eigenvalue weighted by Crippen LogP contribution is -2.22. The molecule has 2 N–H and O–H groups in total. The van der Waals surface area contributed by atoms with Crippen molar-refractivity contribution < 1.29 is 18.3 Å². The van der Waals surface area contributed by atoms with E-state index in [1.165, 1.54) is 14.0 Å². The topological polar surface area (TPSA) is 54.1 Å². The molecule has 1 amide bonds. The highest BCUT2D eigenvalue weighted by molar-refractivity contribution is 5.86. The third-order valence-corrected chi connectivity index (χ3v) is 3.11. The molecule has 108 valence electrons. The van der Waals surface area contributed by atoms with Crippen molar-refractivity contribution in [2.75, 3.05) is 13.7 Å². The highest BCUT2D eigenvalue weighted by atomic mass is 19.3. The van der Waals surface area contributed by atoms with Gasteiger partial charge < -0.3 is 15.0 Å². The molecule has 0 radical (unpaired) electrons. The van der Waals surface area contributed by atoms with E-state index in [0.717, 1.165) is 0 Å². The number of hydrogen-bond donors (Lipinski definition) is 2. The zero-order valence-corrected chi connectivity index (χ0v) is 11.3. The molecular formula is C14H16F2N2O2. The number of nitrogens with one attached hydrogen (secondary N) is 2. The Morgan fingerprint density at radius 2 is 2.20 bits per heavy atom. The first-order valence-corrected chi connectivity index (χ1v) is 6.24. The monoisotopic (exact) mass is 282 g/mol. The summed E-state index contributed by atoms with van der Waals surface area (Å²) in [6.07, 6.45) is -2.24. The highest BCUT2D eigenvalue weighted by Crippen LogP contribution is 2.31. The van der Waals surface area contributed by atoms with Gasteiger partial charge in [-0.2, -0.15) is 0 Å². The summed E-state index contributed by atoms with van der Waals surface area (Å²) in [6.45, 7) is 1.71. The lowest BCUT2D eigenvalue weighted by molar-refractivity contribution is -0.118. The van der Waals surface area contributed by atoms with E-state index >= 15 is 0 Å². The molecule has 1 aromatic carbocycles. The molecule has 4 nitrogen and oxygen atoms in total. The molecule has 1 aromatic heterocycles. The van der Waals surface area contributed by atoms with Gasteiger partial charge in [0.05, 0.1) is 12.8 Å². The molecule has 2 rings (SSSR count). The van der Waals surface area contributed by atoms with Crippen LogP contribution in [0.2, 0.25) is 0 Å². The van der Waals surface area contributed by atoms with Crippen LogP contribution in [0.5, 0.6) is 5.75 Å². The van der Waals surface area contributed by atoms with E-state index in [9.17, 15) is 13.6 Å².